The highest BCUT2D eigenvalue weighted by Crippen LogP contribution is 2.22. The van der Waals surface area contributed by atoms with E-state index in [0.717, 1.165) is 0 Å². The van der Waals surface area contributed by atoms with Crippen molar-refractivity contribution in [3.63, 3.8) is 0 Å². The molecule has 0 aromatic heterocycles. The third-order valence-electron chi connectivity index (χ3n) is 4.16. The van der Waals surface area contributed by atoms with Gasteiger partial charge in [0.05, 0.1) is 0 Å². The third-order valence-corrected chi connectivity index (χ3v) is 4.16. The summed E-state index contributed by atoms with van der Waals surface area (Å²) in [6.45, 7) is 9.31. The first-order valence-electron chi connectivity index (χ1n) is 9.88. The second-order valence-electron chi connectivity index (χ2n) is 7.93. The molecule has 0 saturated heterocycles. The Kier molecular flexibility index (Phi) is 15.0. The van der Waals surface area contributed by atoms with Crippen LogP contribution < -0.4 is 0 Å². The van der Waals surface area contributed by atoms with E-state index in [1.165, 1.54) is 83.5 Å². The molecule has 0 aliphatic carbocycles. The Balaban J connectivity index is 3.22. The number of hydrogen-bond acceptors (Lipinski definition) is 0. The molecule has 0 saturated carbocycles. The van der Waals surface area contributed by atoms with Gasteiger partial charge in [-0.25, -0.2) is 0 Å². The first-order valence-corrected chi connectivity index (χ1v) is 9.88. The van der Waals surface area contributed by atoms with Crippen LogP contribution in [0, 0.1) is 5.41 Å². The van der Waals surface area contributed by atoms with Gasteiger partial charge in [-0.3, -0.25) is 0 Å². The highest BCUT2D eigenvalue weighted by atomic mass is 14.1. The quantitative estimate of drug-likeness (QED) is 0.224. The highest BCUT2D eigenvalue weighted by molar-refractivity contribution is 5.02. The van der Waals surface area contributed by atoms with Crippen molar-refractivity contribution in [3.8, 4) is 0 Å². The molecule has 130 valence electrons. The molecule has 0 spiro atoms. The van der Waals surface area contributed by atoms with Crippen LogP contribution in [0.4, 0.5) is 0 Å². The predicted octanol–water partition coefficient (Wildman–Crippen LogP) is 8.24. The van der Waals surface area contributed by atoms with Crippen LogP contribution in [0.1, 0.15) is 111 Å². The van der Waals surface area contributed by atoms with E-state index in [9.17, 15) is 0 Å². The summed E-state index contributed by atoms with van der Waals surface area (Å²) in [6, 6.07) is 0. The Labute approximate surface area is 141 Å². The first kappa shape index (κ1) is 21.5. The minimum Gasteiger partial charge on any atom is -0.0845 e. The number of allylic oxidation sites excluding steroid dienone is 4. The Hall–Kier alpha value is -0.520. The zero-order valence-electron chi connectivity index (χ0n) is 16.0. The third kappa shape index (κ3) is 19.5. The molecule has 0 radical (unpaired) electrons. The van der Waals surface area contributed by atoms with Crippen LogP contribution >= 0.6 is 0 Å². The van der Waals surface area contributed by atoms with E-state index in [4.69, 9.17) is 0 Å². The molecule has 0 rings (SSSR count). The molecule has 0 nitrogen and oxygen atoms in total. The van der Waals surface area contributed by atoms with Gasteiger partial charge in [0.15, 0.2) is 0 Å². The van der Waals surface area contributed by atoms with E-state index in [1.807, 2.05) is 0 Å². The van der Waals surface area contributed by atoms with Crippen LogP contribution in [0.2, 0.25) is 0 Å². The van der Waals surface area contributed by atoms with Crippen LogP contribution in [-0.2, 0) is 0 Å². The summed E-state index contributed by atoms with van der Waals surface area (Å²) in [7, 11) is 0. The lowest BCUT2D eigenvalue weighted by atomic mass is 9.89. The summed E-state index contributed by atoms with van der Waals surface area (Å²) in [5, 5.41) is 0. The maximum Gasteiger partial charge on any atom is -0.0348 e. The van der Waals surface area contributed by atoms with Crippen molar-refractivity contribution in [2.75, 3.05) is 0 Å². The molecule has 0 aliphatic heterocycles. The van der Waals surface area contributed by atoms with Gasteiger partial charge in [0.25, 0.3) is 0 Å². The molecule has 0 fully saturated rings. The standard InChI is InChI=1S/C22H42/c1-5-6-7-8-9-10-11-12-13-14-15-16-17-18-19-20-21-22(2,3)4/h10-13H,5-9,14-21H2,1-4H3/b11-10-,13-12-. The van der Waals surface area contributed by atoms with Gasteiger partial charge in [0, 0.05) is 0 Å². The van der Waals surface area contributed by atoms with Crippen molar-refractivity contribution in [2.24, 2.45) is 5.41 Å². The summed E-state index contributed by atoms with van der Waals surface area (Å²) in [6.07, 6.45) is 26.9. The van der Waals surface area contributed by atoms with Crippen molar-refractivity contribution in [3.05, 3.63) is 24.3 Å². The lowest BCUT2D eigenvalue weighted by Crippen LogP contribution is -2.03. The second kappa shape index (κ2) is 15.4. The average Bonchev–Trinajstić information content (AvgIpc) is 2.45. The number of unbranched alkanes of at least 4 members (excludes halogenated alkanes) is 10. The lowest BCUT2D eigenvalue weighted by molar-refractivity contribution is 0.356. The van der Waals surface area contributed by atoms with Crippen molar-refractivity contribution in [2.45, 2.75) is 111 Å². The van der Waals surface area contributed by atoms with E-state index >= 15 is 0 Å². The molecule has 0 atom stereocenters. The molecule has 0 bridgehead atoms. The van der Waals surface area contributed by atoms with Gasteiger partial charge >= 0.3 is 0 Å². The van der Waals surface area contributed by atoms with E-state index in [0.29, 0.717) is 5.41 Å². The van der Waals surface area contributed by atoms with Crippen molar-refractivity contribution in [1.29, 1.82) is 0 Å². The molecule has 0 amide bonds. The van der Waals surface area contributed by atoms with E-state index in [-0.39, 0.29) is 0 Å². The minimum absolute atomic E-state index is 0.522. The molecule has 0 aliphatic rings. The molecule has 0 heteroatoms. The molecule has 0 unspecified atom stereocenters. The van der Waals surface area contributed by atoms with E-state index in [1.54, 1.807) is 0 Å². The molecular formula is C22H42. The minimum atomic E-state index is 0.522. The molecule has 0 aromatic rings. The zero-order valence-corrected chi connectivity index (χ0v) is 16.0. The van der Waals surface area contributed by atoms with Gasteiger partial charge in [-0.15, -0.1) is 0 Å². The van der Waals surface area contributed by atoms with Gasteiger partial charge in [-0.2, -0.15) is 0 Å². The van der Waals surface area contributed by atoms with Gasteiger partial charge in [-0.1, -0.05) is 103 Å². The van der Waals surface area contributed by atoms with Crippen molar-refractivity contribution < 1.29 is 0 Å². The summed E-state index contributed by atoms with van der Waals surface area (Å²) in [5.74, 6) is 0. The normalized spacial score (nSPS) is 12.7. The van der Waals surface area contributed by atoms with Crippen LogP contribution in [-0.4, -0.2) is 0 Å². The predicted molar refractivity (Wildman–Crippen MR) is 103 cm³/mol. The Bertz CT molecular complexity index is 264. The lowest BCUT2D eigenvalue weighted by Gasteiger charge is -2.17. The van der Waals surface area contributed by atoms with Crippen molar-refractivity contribution >= 4 is 0 Å². The topological polar surface area (TPSA) is 0 Å². The molecule has 0 heterocycles. The monoisotopic (exact) mass is 306 g/mol. The summed E-state index contributed by atoms with van der Waals surface area (Å²) in [5.41, 5.74) is 0.522. The van der Waals surface area contributed by atoms with Gasteiger partial charge in [0.1, 0.15) is 0 Å². The second-order valence-corrected chi connectivity index (χ2v) is 7.93. The van der Waals surface area contributed by atoms with Crippen molar-refractivity contribution in [1.82, 2.24) is 0 Å². The number of hydrogen-bond donors (Lipinski definition) is 0. The van der Waals surface area contributed by atoms with Gasteiger partial charge in [-0.05, 0) is 37.5 Å². The molecule has 0 N–H and O–H groups in total. The largest absolute Gasteiger partial charge is 0.0845 e. The van der Waals surface area contributed by atoms with Crippen LogP contribution in [0.5, 0.6) is 0 Å². The molecule has 22 heavy (non-hydrogen) atoms. The fraction of sp³-hybridized carbons (Fsp3) is 0.818. The Morgan fingerprint density at radius 2 is 1.05 bits per heavy atom. The summed E-state index contributed by atoms with van der Waals surface area (Å²) >= 11 is 0. The number of rotatable bonds is 14. The highest BCUT2D eigenvalue weighted by Gasteiger charge is 2.08. The Morgan fingerprint density at radius 3 is 1.55 bits per heavy atom. The van der Waals surface area contributed by atoms with E-state index in [2.05, 4.69) is 52.0 Å². The maximum atomic E-state index is 2.35. The fourth-order valence-electron chi connectivity index (χ4n) is 2.66. The molecule has 0 aromatic carbocycles. The smallest absolute Gasteiger partial charge is 0.0348 e. The summed E-state index contributed by atoms with van der Waals surface area (Å²) in [4.78, 5) is 0. The van der Waals surface area contributed by atoms with Gasteiger partial charge in [0.2, 0.25) is 0 Å². The van der Waals surface area contributed by atoms with Crippen LogP contribution in [0.15, 0.2) is 24.3 Å². The van der Waals surface area contributed by atoms with E-state index < -0.39 is 0 Å². The van der Waals surface area contributed by atoms with Gasteiger partial charge < -0.3 is 0 Å². The SMILES string of the molecule is CCCCCC/C=C\C=C/CCCCCCCCC(C)(C)C. The first-order chi connectivity index (χ1) is 10.6. The maximum absolute atomic E-state index is 2.35. The van der Waals surface area contributed by atoms with Crippen LogP contribution in [0.25, 0.3) is 0 Å². The summed E-state index contributed by atoms with van der Waals surface area (Å²) < 4.78 is 0. The Morgan fingerprint density at radius 1 is 0.591 bits per heavy atom. The zero-order chi connectivity index (χ0) is 16.5. The average molecular weight is 307 g/mol. The van der Waals surface area contributed by atoms with Crippen LogP contribution in [0.3, 0.4) is 0 Å². The molecular weight excluding hydrogens is 264 g/mol. The fourth-order valence-corrected chi connectivity index (χ4v) is 2.66.